The van der Waals surface area contributed by atoms with Crippen molar-refractivity contribution in [3.05, 3.63) is 22.4 Å². The van der Waals surface area contributed by atoms with Gasteiger partial charge in [0.15, 0.2) is 0 Å². The molecule has 82 valence electrons. The molecular weight excluding hydrogens is 208 g/mol. The van der Waals surface area contributed by atoms with Crippen LogP contribution in [0.5, 0.6) is 0 Å². The van der Waals surface area contributed by atoms with E-state index in [0.29, 0.717) is 19.0 Å². The molecule has 0 saturated heterocycles. The van der Waals surface area contributed by atoms with Crippen molar-refractivity contribution >= 4 is 17.2 Å². The minimum absolute atomic E-state index is 0.142. The molecule has 1 heterocycles. The van der Waals surface area contributed by atoms with Gasteiger partial charge in [0.2, 0.25) is 5.91 Å². The number of nitrogens with two attached hydrogens (primary N) is 1. The molecule has 4 heteroatoms. The molecule has 0 unspecified atom stereocenters. The highest BCUT2D eigenvalue weighted by Gasteiger charge is 2.60. The third-order valence-electron chi connectivity index (χ3n) is 3.09. The molecule has 3 nitrogen and oxygen atoms in total. The number of carbonyl (C=O) groups is 1. The normalized spacial score (nSPS) is 28.8. The summed E-state index contributed by atoms with van der Waals surface area (Å²) in [5, 5.41) is 4.93. The summed E-state index contributed by atoms with van der Waals surface area (Å²) in [7, 11) is 0. The molecule has 1 aliphatic rings. The van der Waals surface area contributed by atoms with E-state index in [9.17, 15) is 4.79 Å². The molecule has 2 rings (SSSR count). The van der Waals surface area contributed by atoms with Gasteiger partial charge < -0.3 is 11.1 Å². The van der Waals surface area contributed by atoms with E-state index in [1.807, 2.05) is 24.4 Å². The number of thiophene rings is 1. The van der Waals surface area contributed by atoms with Gasteiger partial charge in [-0.15, -0.1) is 11.3 Å². The summed E-state index contributed by atoms with van der Waals surface area (Å²) in [4.78, 5) is 13.2. The molecule has 2 atom stereocenters. The van der Waals surface area contributed by atoms with E-state index in [-0.39, 0.29) is 11.3 Å². The van der Waals surface area contributed by atoms with E-state index < -0.39 is 0 Å². The van der Waals surface area contributed by atoms with Crippen molar-refractivity contribution in [3.63, 3.8) is 0 Å². The van der Waals surface area contributed by atoms with Crippen molar-refractivity contribution in [2.45, 2.75) is 18.8 Å². The number of hydrogen-bond acceptors (Lipinski definition) is 3. The Bertz CT molecular complexity index is 349. The lowest BCUT2D eigenvalue weighted by Gasteiger charge is -2.14. The summed E-state index contributed by atoms with van der Waals surface area (Å²) < 4.78 is 0. The van der Waals surface area contributed by atoms with Crippen LogP contribution in [0.15, 0.2) is 17.5 Å². The second-order valence-electron chi connectivity index (χ2n) is 3.94. The Morgan fingerprint density at radius 1 is 1.80 bits per heavy atom. The van der Waals surface area contributed by atoms with E-state index in [0.717, 1.165) is 11.3 Å². The molecule has 0 radical (unpaired) electrons. The number of hydrogen-bond donors (Lipinski definition) is 2. The van der Waals surface area contributed by atoms with Gasteiger partial charge in [0.05, 0.1) is 5.41 Å². The van der Waals surface area contributed by atoms with Crippen molar-refractivity contribution in [2.75, 3.05) is 13.1 Å². The molecule has 1 fully saturated rings. The first-order chi connectivity index (χ1) is 7.25. The lowest BCUT2D eigenvalue weighted by Crippen LogP contribution is -2.36. The van der Waals surface area contributed by atoms with Crippen LogP contribution in [-0.4, -0.2) is 19.0 Å². The minimum atomic E-state index is -0.307. The summed E-state index contributed by atoms with van der Waals surface area (Å²) in [6.07, 6.45) is 0.899. The summed E-state index contributed by atoms with van der Waals surface area (Å²) in [6, 6.07) is 4.03. The van der Waals surface area contributed by atoms with Gasteiger partial charge in [0, 0.05) is 11.4 Å². The molecule has 1 aliphatic carbocycles. The standard InChI is InChI=1S/C11H16N2OS/c1-2-13-10(14)11(6-8(11)7-12)9-4-3-5-15-9/h3-5,8H,2,6-7,12H2,1H3,(H,13,14)/t8-,11-/m0/s1. The molecule has 0 spiro atoms. The molecule has 1 aromatic heterocycles. The van der Waals surface area contributed by atoms with E-state index in [4.69, 9.17) is 5.73 Å². The molecule has 0 aromatic carbocycles. The van der Waals surface area contributed by atoms with Gasteiger partial charge in [0.25, 0.3) is 0 Å². The molecule has 3 N–H and O–H groups in total. The highest BCUT2D eigenvalue weighted by Crippen LogP contribution is 2.55. The van der Waals surface area contributed by atoms with Gasteiger partial charge in [-0.1, -0.05) is 6.07 Å². The zero-order valence-corrected chi connectivity index (χ0v) is 9.64. The second-order valence-corrected chi connectivity index (χ2v) is 4.89. The summed E-state index contributed by atoms with van der Waals surface area (Å²) in [6.45, 7) is 3.22. The first-order valence-corrected chi connectivity index (χ1v) is 6.16. The molecule has 15 heavy (non-hydrogen) atoms. The third-order valence-corrected chi connectivity index (χ3v) is 4.14. The maximum Gasteiger partial charge on any atom is 0.231 e. The quantitative estimate of drug-likeness (QED) is 0.804. The Morgan fingerprint density at radius 2 is 2.60 bits per heavy atom. The number of amides is 1. The summed E-state index contributed by atoms with van der Waals surface area (Å²) in [5.74, 6) is 0.464. The van der Waals surface area contributed by atoms with Crippen molar-refractivity contribution in [1.29, 1.82) is 0 Å². The number of carbonyl (C=O) groups excluding carboxylic acids is 1. The van der Waals surface area contributed by atoms with E-state index >= 15 is 0 Å². The Morgan fingerprint density at radius 3 is 3.07 bits per heavy atom. The fraction of sp³-hybridized carbons (Fsp3) is 0.545. The van der Waals surface area contributed by atoms with Crippen LogP contribution in [0.3, 0.4) is 0 Å². The van der Waals surface area contributed by atoms with Crippen molar-refractivity contribution < 1.29 is 4.79 Å². The van der Waals surface area contributed by atoms with Crippen LogP contribution in [0, 0.1) is 5.92 Å². The first kappa shape index (κ1) is 10.6. The molecule has 1 aromatic rings. The largest absolute Gasteiger partial charge is 0.356 e. The van der Waals surface area contributed by atoms with Gasteiger partial charge in [-0.2, -0.15) is 0 Å². The highest BCUT2D eigenvalue weighted by atomic mass is 32.1. The van der Waals surface area contributed by atoms with Gasteiger partial charge in [-0.3, -0.25) is 4.79 Å². The van der Waals surface area contributed by atoms with E-state index in [1.165, 1.54) is 0 Å². The number of rotatable bonds is 4. The van der Waals surface area contributed by atoms with E-state index in [2.05, 4.69) is 5.32 Å². The Hall–Kier alpha value is -0.870. The highest BCUT2D eigenvalue weighted by molar-refractivity contribution is 7.10. The topological polar surface area (TPSA) is 55.1 Å². The van der Waals surface area contributed by atoms with Crippen LogP contribution in [0.25, 0.3) is 0 Å². The fourth-order valence-corrected chi connectivity index (χ4v) is 3.17. The molecule has 1 saturated carbocycles. The van der Waals surface area contributed by atoms with Crippen molar-refractivity contribution in [3.8, 4) is 0 Å². The van der Waals surface area contributed by atoms with Crippen molar-refractivity contribution in [1.82, 2.24) is 5.32 Å². The van der Waals surface area contributed by atoms with Crippen LogP contribution in [-0.2, 0) is 10.2 Å². The zero-order valence-electron chi connectivity index (χ0n) is 8.82. The van der Waals surface area contributed by atoms with Crippen LogP contribution < -0.4 is 11.1 Å². The molecule has 1 amide bonds. The zero-order chi connectivity index (χ0) is 10.9. The van der Waals surface area contributed by atoms with Crippen LogP contribution >= 0.6 is 11.3 Å². The van der Waals surface area contributed by atoms with Gasteiger partial charge in [-0.05, 0) is 37.3 Å². The average molecular weight is 224 g/mol. The maximum atomic E-state index is 12.0. The Balaban J connectivity index is 2.24. The number of nitrogens with one attached hydrogen (secondary N) is 1. The molecule has 0 bridgehead atoms. The second kappa shape index (κ2) is 3.94. The molecular formula is C11H16N2OS. The smallest absolute Gasteiger partial charge is 0.231 e. The minimum Gasteiger partial charge on any atom is -0.356 e. The van der Waals surface area contributed by atoms with Gasteiger partial charge in [-0.25, -0.2) is 0 Å². The number of likely N-dealkylation sites (N-methyl/N-ethyl adjacent to an activating group) is 1. The van der Waals surface area contributed by atoms with E-state index in [1.54, 1.807) is 11.3 Å². The summed E-state index contributed by atoms with van der Waals surface area (Å²) in [5.41, 5.74) is 5.37. The lowest BCUT2D eigenvalue weighted by molar-refractivity contribution is -0.123. The van der Waals surface area contributed by atoms with Gasteiger partial charge in [0.1, 0.15) is 0 Å². The predicted molar refractivity (Wildman–Crippen MR) is 61.8 cm³/mol. The van der Waals surface area contributed by atoms with Gasteiger partial charge >= 0.3 is 0 Å². The SMILES string of the molecule is CCNC(=O)[C@@]1(c2cccs2)C[C@H]1CN. The lowest BCUT2D eigenvalue weighted by atomic mass is 10.00. The van der Waals surface area contributed by atoms with Crippen LogP contribution in [0.1, 0.15) is 18.2 Å². The Kier molecular flexibility index (Phi) is 2.80. The summed E-state index contributed by atoms with van der Waals surface area (Å²) >= 11 is 1.65. The predicted octanol–water partition coefficient (Wildman–Crippen LogP) is 1.10. The monoisotopic (exact) mass is 224 g/mol. The van der Waals surface area contributed by atoms with Crippen molar-refractivity contribution in [2.24, 2.45) is 11.7 Å². The Labute approximate surface area is 93.7 Å². The average Bonchev–Trinajstić information content (AvgIpc) is 2.73. The first-order valence-electron chi connectivity index (χ1n) is 5.28. The molecule has 0 aliphatic heterocycles. The fourth-order valence-electron chi connectivity index (χ4n) is 2.16. The third kappa shape index (κ3) is 1.58. The van der Waals surface area contributed by atoms with Crippen LogP contribution in [0.4, 0.5) is 0 Å². The van der Waals surface area contributed by atoms with Crippen LogP contribution in [0.2, 0.25) is 0 Å². The maximum absolute atomic E-state index is 12.0.